The van der Waals surface area contributed by atoms with E-state index in [9.17, 15) is 9.59 Å². The Morgan fingerprint density at radius 3 is 2.51 bits per heavy atom. The van der Waals surface area contributed by atoms with E-state index in [2.05, 4.69) is 35.4 Å². The number of hydrogen-bond acceptors (Lipinski definition) is 3. The first kappa shape index (κ1) is 24.1. The maximum atomic E-state index is 12.8. The van der Waals surface area contributed by atoms with E-state index in [4.69, 9.17) is 9.84 Å². The molecule has 1 aliphatic rings. The fourth-order valence-corrected chi connectivity index (χ4v) is 4.46. The van der Waals surface area contributed by atoms with E-state index in [1.165, 1.54) is 11.1 Å². The van der Waals surface area contributed by atoms with Gasteiger partial charge < -0.3 is 15.2 Å². The zero-order valence-electron chi connectivity index (χ0n) is 19.8. The summed E-state index contributed by atoms with van der Waals surface area (Å²) >= 11 is 0. The molecule has 4 rings (SSSR count). The summed E-state index contributed by atoms with van der Waals surface area (Å²) in [4.78, 5) is 23.9. The molecule has 1 aliphatic carbocycles. The lowest BCUT2D eigenvalue weighted by atomic mass is 9.87. The van der Waals surface area contributed by atoms with Crippen molar-refractivity contribution in [2.24, 2.45) is 0 Å². The minimum Gasteiger partial charge on any atom is -0.489 e. The summed E-state index contributed by atoms with van der Waals surface area (Å²) in [6.07, 6.45) is 3.06. The van der Waals surface area contributed by atoms with Crippen LogP contribution in [-0.2, 0) is 17.8 Å². The molecular formula is C30H29NO4. The van der Waals surface area contributed by atoms with Crippen LogP contribution in [0.5, 0.6) is 5.75 Å². The zero-order chi connectivity index (χ0) is 24.6. The van der Waals surface area contributed by atoms with Crippen molar-refractivity contribution in [2.75, 3.05) is 0 Å². The third kappa shape index (κ3) is 6.30. The van der Waals surface area contributed by atoms with E-state index in [1.54, 1.807) is 6.92 Å². The summed E-state index contributed by atoms with van der Waals surface area (Å²) in [7, 11) is 0. The van der Waals surface area contributed by atoms with Crippen LogP contribution < -0.4 is 10.1 Å². The number of hydrogen-bond donors (Lipinski definition) is 2. The van der Waals surface area contributed by atoms with Crippen LogP contribution in [0.1, 0.15) is 70.8 Å². The van der Waals surface area contributed by atoms with E-state index >= 15 is 0 Å². The molecule has 2 N–H and O–H groups in total. The molecule has 0 saturated carbocycles. The Kier molecular flexibility index (Phi) is 7.84. The van der Waals surface area contributed by atoms with Crippen LogP contribution in [0.15, 0.2) is 72.8 Å². The van der Waals surface area contributed by atoms with E-state index in [-0.39, 0.29) is 24.3 Å². The third-order valence-corrected chi connectivity index (χ3v) is 6.28. The van der Waals surface area contributed by atoms with E-state index in [0.29, 0.717) is 17.9 Å². The molecule has 3 aromatic carbocycles. The predicted octanol–water partition coefficient (Wildman–Crippen LogP) is 5.65. The highest BCUT2D eigenvalue weighted by Gasteiger charge is 2.21. The first-order valence-corrected chi connectivity index (χ1v) is 11.9. The lowest BCUT2D eigenvalue weighted by molar-refractivity contribution is -0.137. The van der Waals surface area contributed by atoms with Crippen LogP contribution in [0.4, 0.5) is 0 Å². The molecule has 0 bridgehead atoms. The average Bonchev–Trinajstić information content (AvgIpc) is 2.88. The van der Waals surface area contributed by atoms with E-state index in [1.807, 2.05) is 54.6 Å². The minimum atomic E-state index is -0.876. The van der Waals surface area contributed by atoms with Crippen molar-refractivity contribution in [2.45, 2.75) is 51.2 Å². The number of rotatable bonds is 8. The fourth-order valence-electron chi connectivity index (χ4n) is 4.46. The molecule has 3 aromatic rings. The van der Waals surface area contributed by atoms with Gasteiger partial charge in [0.05, 0.1) is 18.4 Å². The lowest BCUT2D eigenvalue weighted by Crippen LogP contribution is -2.30. The Balaban J connectivity index is 1.33. The number of fused-ring (bicyclic) bond motifs is 1. The Bertz CT molecular complexity index is 1240. The molecule has 0 aliphatic heterocycles. The van der Waals surface area contributed by atoms with Gasteiger partial charge in [-0.05, 0) is 72.7 Å². The van der Waals surface area contributed by atoms with Crippen molar-refractivity contribution >= 4 is 11.9 Å². The second-order valence-electron chi connectivity index (χ2n) is 8.72. The summed E-state index contributed by atoms with van der Waals surface area (Å²) in [6, 6.07) is 23.2. The van der Waals surface area contributed by atoms with Crippen LogP contribution in [0, 0.1) is 11.8 Å². The zero-order valence-corrected chi connectivity index (χ0v) is 19.8. The molecule has 0 spiro atoms. The number of carboxylic acids is 1. The van der Waals surface area contributed by atoms with Crippen LogP contribution >= 0.6 is 0 Å². The number of aliphatic carboxylic acids is 1. The quantitative estimate of drug-likeness (QED) is 0.420. The third-order valence-electron chi connectivity index (χ3n) is 6.28. The van der Waals surface area contributed by atoms with Gasteiger partial charge in [-0.25, -0.2) is 0 Å². The number of carbonyl (C=O) groups is 2. The van der Waals surface area contributed by atoms with Gasteiger partial charge in [0.15, 0.2) is 0 Å². The number of carboxylic acid groups (broad SMARTS) is 1. The summed E-state index contributed by atoms with van der Waals surface area (Å²) in [5.41, 5.74) is 4.97. The SMILES string of the molecule is CC#C[C@@H](CC(=O)O)c1ccc(OCc2ccc(C(=O)N[C@@H]3CCCc4ccccc43)cc2)cc1. The van der Waals surface area contributed by atoms with Crippen LogP contribution in [0.25, 0.3) is 0 Å². The number of amides is 1. The summed E-state index contributed by atoms with van der Waals surface area (Å²) in [6.45, 7) is 2.07. The Hall–Kier alpha value is -4.04. The molecule has 0 aromatic heterocycles. The number of nitrogens with one attached hydrogen (secondary N) is 1. The second-order valence-corrected chi connectivity index (χ2v) is 8.72. The monoisotopic (exact) mass is 467 g/mol. The van der Waals surface area contributed by atoms with Gasteiger partial charge in [0.1, 0.15) is 12.4 Å². The van der Waals surface area contributed by atoms with Gasteiger partial charge in [0.2, 0.25) is 0 Å². The highest BCUT2D eigenvalue weighted by molar-refractivity contribution is 5.94. The first-order valence-electron chi connectivity index (χ1n) is 11.9. The smallest absolute Gasteiger partial charge is 0.304 e. The van der Waals surface area contributed by atoms with Gasteiger partial charge in [0, 0.05) is 5.56 Å². The minimum absolute atomic E-state index is 0.0335. The maximum absolute atomic E-state index is 12.8. The fraction of sp³-hybridized carbons (Fsp3) is 0.267. The van der Waals surface area contributed by atoms with Crippen molar-refractivity contribution in [1.82, 2.24) is 5.32 Å². The van der Waals surface area contributed by atoms with Gasteiger partial charge in [0.25, 0.3) is 5.91 Å². The lowest BCUT2D eigenvalue weighted by Gasteiger charge is -2.26. The first-order chi connectivity index (χ1) is 17.0. The van der Waals surface area contributed by atoms with E-state index in [0.717, 1.165) is 30.4 Å². The maximum Gasteiger partial charge on any atom is 0.304 e. The molecule has 0 unspecified atom stereocenters. The number of benzene rings is 3. The molecule has 35 heavy (non-hydrogen) atoms. The standard InChI is InChI=1S/C30H29NO4/c1-2-6-25(19-29(32)33)22-15-17-26(18-16-22)35-20-21-11-13-24(14-12-21)30(34)31-28-10-5-8-23-7-3-4-9-27(23)28/h3-4,7,9,11-18,25,28H,5,8,10,19-20H2,1H3,(H,31,34)(H,32,33)/t25-,28+/m0/s1. The summed E-state index contributed by atoms with van der Waals surface area (Å²) in [5.74, 6) is 5.15. The Morgan fingerprint density at radius 2 is 1.80 bits per heavy atom. The van der Waals surface area contributed by atoms with Crippen molar-refractivity contribution in [1.29, 1.82) is 0 Å². The van der Waals surface area contributed by atoms with Crippen molar-refractivity contribution in [3.63, 3.8) is 0 Å². The number of aryl methyl sites for hydroxylation is 1. The number of ether oxygens (including phenoxy) is 1. The molecule has 0 heterocycles. The predicted molar refractivity (Wildman–Crippen MR) is 135 cm³/mol. The largest absolute Gasteiger partial charge is 0.489 e. The van der Waals surface area contributed by atoms with Gasteiger partial charge in [-0.2, -0.15) is 0 Å². The van der Waals surface area contributed by atoms with Crippen LogP contribution in [0.3, 0.4) is 0 Å². The van der Waals surface area contributed by atoms with Crippen molar-refractivity contribution in [3.8, 4) is 17.6 Å². The Labute approximate surface area is 206 Å². The summed E-state index contributed by atoms with van der Waals surface area (Å²) in [5, 5.41) is 12.3. The molecule has 0 fully saturated rings. The molecule has 178 valence electrons. The molecule has 5 heteroatoms. The van der Waals surface area contributed by atoms with Gasteiger partial charge in [-0.1, -0.05) is 54.5 Å². The van der Waals surface area contributed by atoms with Gasteiger partial charge >= 0.3 is 5.97 Å². The highest BCUT2D eigenvalue weighted by atomic mass is 16.5. The molecular weight excluding hydrogens is 438 g/mol. The molecule has 0 saturated heterocycles. The van der Waals surface area contributed by atoms with Gasteiger partial charge in [-0.15, -0.1) is 5.92 Å². The average molecular weight is 468 g/mol. The Morgan fingerprint density at radius 1 is 1.06 bits per heavy atom. The van der Waals surface area contributed by atoms with Crippen molar-refractivity contribution in [3.05, 3.63) is 101 Å². The van der Waals surface area contributed by atoms with E-state index < -0.39 is 5.97 Å². The van der Waals surface area contributed by atoms with Crippen LogP contribution in [-0.4, -0.2) is 17.0 Å². The number of carbonyl (C=O) groups excluding carboxylic acids is 1. The molecule has 2 atom stereocenters. The molecule has 0 radical (unpaired) electrons. The van der Waals surface area contributed by atoms with Crippen LogP contribution in [0.2, 0.25) is 0 Å². The molecule has 1 amide bonds. The summed E-state index contributed by atoms with van der Waals surface area (Å²) < 4.78 is 5.88. The topological polar surface area (TPSA) is 75.6 Å². The van der Waals surface area contributed by atoms with Gasteiger partial charge in [-0.3, -0.25) is 9.59 Å². The highest BCUT2D eigenvalue weighted by Crippen LogP contribution is 2.29. The van der Waals surface area contributed by atoms with Crippen molar-refractivity contribution < 1.29 is 19.4 Å². The second kappa shape index (κ2) is 11.4. The molecule has 5 nitrogen and oxygen atoms in total. The normalized spacial score (nSPS) is 15.2.